The fraction of sp³-hybridized carbons (Fsp3) is 0.185. The average molecular weight is 719 g/mol. The van der Waals surface area contributed by atoms with E-state index >= 15 is 0 Å². The van der Waals surface area contributed by atoms with E-state index in [4.69, 9.17) is 9.15 Å². The minimum absolute atomic E-state index is 0.157. The lowest BCUT2D eigenvalue weighted by Crippen LogP contribution is -2.55. The molecular formula is C54H38O2. The molecule has 15 rings (SSSR count). The van der Waals surface area contributed by atoms with Crippen LogP contribution in [0.25, 0.3) is 88.0 Å². The Morgan fingerprint density at radius 3 is 2.00 bits per heavy atom. The summed E-state index contributed by atoms with van der Waals surface area (Å²) >= 11 is 0. The van der Waals surface area contributed by atoms with Crippen LogP contribution in [0.5, 0.6) is 11.5 Å². The van der Waals surface area contributed by atoms with Crippen molar-refractivity contribution in [2.75, 3.05) is 0 Å². The van der Waals surface area contributed by atoms with E-state index in [1.54, 1.807) is 11.1 Å². The molecule has 6 aliphatic rings. The summed E-state index contributed by atoms with van der Waals surface area (Å²) in [7, 11) is 0. The fourth-order valence-corrected chi connectivity index (χ4v) is 13.2. The van der Waals surface area contributed by atoms with Crippen LogP contribution in [0, 0.1) is 23.7 Å². The second kappa shape index (κ2) is 10.6. The Balaban J connectivity index is 0.926. The summed E-state index contributed by atoms with van der Waals surface area (Å²) in [5.41, 5.74) is 15.5. The van der Waals surface area contributed by atoms with Gasteiger partial charge in [0.1, 0.15) is 22.7 Å². The highest BCUT2D eigenvalue weighted by molar-refractivity contribution is 6.21. The first-order valence-corrected chi connectivity index (χ1v) is 20.7. The van der Waals surface area contributed by atoms with E-state index in [1.165, 1.54) is 87.2 Å². The number of fused-ring (bicyclic) bond motifs is 10. The molecule has 4 saturated carbocycles. The largest absolute Gasteiger partial charge is 0.456 e. The van der Waals surface area contributed by atoms with Crippen molar-refractivity contribution in [2.45, 2.75) is 37.5 Å². The minimum atomic E-state index is 0.157. The number of rotatable bonds is 2. The zero-order valence-corrected chi connectivity index (χ0v) is 31.0. The van der Waals surface area contributed by atoms with E-state index in [2.05, 4.69) is 146 Å². The van der Waals surface area contributed by atoms with Gasteiger partial charge in [-0.3, -0.25) is 0 Å². The molecule has 0 radical (unpaired) electrons. The molecule has 56 heavy (non-hydrogen) atoms. The van der Waals surface area contributed by atoms with Crippen LogP contribution in [0.4, 0.5) is 0 Å². The molecule has 4 fully saturated rings. The minimum Gasteiger partial charge on any atom is -0.456 e. The molecule has 4 bridgehead atoms. The van der Waals surface area contributed by atoms with Gasteiger partial charge in [-0.1, -0.05) is 109 Å². The van der Waals surface area contributed by atoms with Crippen LogP contribution >= 0.6 is 0 Å². The molecule has 8 aromatic carbocycles. The molecule has 2 nitrogen and oxygen atoms in total. The Kier molecular flexibility index (Phi) is 5.70. The Morgan fingerprint density at radius 1 is 0.429 bits per heavy atom. The highest BCUT2D eigenvalue weighted by Gasteiger charge is 2.61. The second-order valence-electron chi connectivity index (χ2n) is 17.6. The van der Waals surface area contributed by atoms with Gasteiger partial charge in [0, 0.05) is 32.5 Å². The molecule has 0 amide bonds. The van der Waals surface area contributed by atoms with Gasteiger partial charge < -0.3 is 9.15 Å². The molecule has 1 spiro atoms. The zero-order valence-electron chi connectivity index (χ0n) is 31.0. The number of ether oxygens (including phenoxy) is 1. The highest BCUT2D eigenvalue weighted by atomic mass is 16.5. The molecule has 5 aliphatic carbocycles. The normalized spacial score (nSPS) is 23.6. The monoisotopic (exact) mass is 718 g/mol. The number of furan rings is 1. The summed E-state index contributed by atoms with van der Waals surface area (Å²) in [5, 5.41) is 7.00. The third-order valence-corrected chi connectivity index (χ3v) is 15.1. The Bertz CT molecular complexity index is 3170. The van der Waals surface area contributed by atoms with Gasteiger partial charge in [-0.25, -0.2) is 0 Å². The molecule has 0 N–H and O–H groups in total. The van der Waals surface area contributed by atoms with E-state index in [-0.39, 0.29) is 5.41 Å². The first-order chi connectivity index (χ1) is 27.7. The lowest BCUT2D eigenvalue weighted by molar-refractivity contribution is -0.0399. The van der Waals surface area contributed by atoms with Crippen molar-refractivity contribution >= 4 is 43.5 Å². The highest BCUT2D eigenvalue weighted by Crippen LogP contribution is 2.69. The maximum absolute atomic E-state index is 6.77. The van der Waals surface area contributed by atoms with E-state index in [1.807, 2.05) is 0 Å². The van der Waals surface area contributed by atoms with E-state index in [9.17, 15) is 0 Å². The van der Waals surface area contributed by atoms with Crippen molar-refractivity contribution in [3.05, 3.63) is 157 Å². The van der Waals surface area contributed by atoms with Gasteiger partial charge in [-0.2, -0.15) is 0 Å². The standard InChI is InChI=1S/C54H38O2/c1-2-8-37-32(7-1)15-19-44-52-42(12-6-14-49(52)56-53(37)44)38-20-22-50-51-41(38)10-5-11-43(51)45-28-33(17-21-48(45)55-50)34-16-18-40-39-9-3-4-13-46(39)54(47(40)29-34)35-24-30-23-31(26-35)27-36(54)25-30/h1-22,28-31,35-36H,23-27H2. The fourth-order valence-electron chi connectivity index (χ4n) is 13.2. The van der Waals surface area contributed by atoms with Gasteiger partial charge in [0.15, 0.2) is 0 Å². The molecule has 0 atom stereocenters. The van der Waals surface area contributed by atoms with E-state index in [0.29, 0.717) is 0 Å². The van der Waals surface area contributed by atoms with Gasteiger partial charge >= 0.3 is 0 Å². The van der Waals surface area contributed by atoms with Gasteiger partial charge in [0.2, 0.25) is 0 Å². The van der Waals surface area contributed by atoms with E-state index < -0.39 is 0 Å². The number of benzene rings is 8. The summed E-state index contributed by atoms with van der Waals surface area (Å²) in [4.78, 5) is 0. The lowest BCUT2D eigenvalue weighted by Gasteiger charge is -2.61. The Labute approximate surface area is 325 Å². The Morgan fingerprint density at radius 2 is 1.11 bits per heavy atom. The van der Waals surface area contributed by atoms with Crippen LogP contribution in [0.15, 0.2) is 150 Å². The van der Waals surface area contributed by atoms with Crippen molar-refractivity contribution in [1.29, 1.82) is 0 Å². The van der Waals surface area contributed by atoms with Crippen LogP contribution in [-0.4, -0.2) is 0 Å². The van der Waals surface area contributed by atoms with Crippen molar-refractivity contribution in [1.82, 2.24) is 0 Å². The second-order valence-corrected chi connectivity index (χ2v) is 17.6. The summed E-state index contributed by atoms with van der Waals surface area (Å²) < 4.78 is 13.4. The van der Waals surface area contributed by atoms with Gasteiger partial charge in [0.25, 0.3) is 0 Å². The van der Waals surface area contributed by atoms with Crippen molar-refractivity contribution in [3.63, 3.8) is 0 Å². The summed E-state index contributed by atoms with van der Waals surface area (Å²) in [6, 6.07) is 54.3. The molecule has 2 heterocycles. The molecule has 0 unspecified atom stereocenters. The molecule has 9 aromatic rings. The molecule has 266 valence electrons. The van der Waals surface area contributed by atoms with Crippen molar-refractivity contribution in [3.8, 4) is 56.0 Å². The molecular weight excluding hydrogens is 681 g/mol. The number of hydrogen-bond donors (Lipinski definition) is 0. The van der Waals surface area contributed by atoms with Crippen molar-refractivity contribution < 1.29 is 9.15 Å². The molecule has 2 heteroatoms. The molecule has 1 aliphatic heterocycles. The third kappa shape index (κ3) is 3.73. The Hall–Kier alpha value is -6.12. The van der Waals surface area contributed by atoms with Crippen LogP contribution in [-0.2, 0) is 5.41 Å². The van der Waals surface area contributed by atoms with Crippen LogP contribution in [0.3, 0.4) is 0 Å². The van der Waals surface area contributed by atoms with Gasteiger partial charge in [-0.15, -0.1) is 0 Å². The SMILES string of the molecule is c1ccc2c(c1)-c1ccc(-c3ccc4c(c3)-c3cccc5c(-c6cccc7oc8c9ccccc9ccc8c67)ccc(c35)O4)cc1C21C2CC3CC(C2)CC1C3. The lowest BCUT2D eigenvalue weighted by atomic mass is 9.43. The van der Waals surface area contributed by atoms with Gasteiger partial charge in [-0.05, 0) is 153 Å². The van der Waals surface area contributed by atoms with Crippen LogP contribution in [0.2, 0.25) is 0 Å². The summed E-state index contributed by atoms with van der Waals surface area (Å²) in [6.45, 7) is 0. The topological polar surface area (TPSA) is 22.4 Å². The predicted octanol–water partition coefficient (Wildman–Crippen LogP) is 14.7. The molecule has 0 saturated heterocycles. The summed E-state index contributed by atoms with van der Waals surface area (Å²) in [6.07, 6.45) is 7.06. The average Bonchev–Trinajstić information content (AvgIpc) is 3.77. The predicted molar refractivity (Wildman–Crippen MR) is 228 cm³/mol. The van der Waals surface area contributed by atoms with Crippen LogP contribution < -0.4 is 4.74 Å². The first kappa shape index (κ1) is 30.1. The zero-order chi connectivity index (χ0) is 36.3. The maximum atomic E-state index is 6.77. The third-order valence-electron chi connectivity index (χ3n) is 15.1. The maximum Gasteiger partial charge on any atom is 0.143 e. The number of hydrogen-bond acceptors (Lipinski definition) is 2. The summed E-state index contributed by atoms with van der Waals surface area (Å²) in [5.74, 6) is 5.20. The quantitative estimate of drug-likeness (QED) is 0.178. The van der Waals surface area contributed by atoms with E-state index in [0.717, 1.165) is 68.1 Å². The smallest absolute Gasteiger partial charge is 0.143 e. The first-order valence-electron chi connectivity index (χ1n) is 20.7. The molecule has 1 aromatic heterocycles. The van der Waals surface area contributed by atoms with Crippen molar-refractivity contribution in [2.24, 2.45) is 23.7 Å². The van der Waals surface area contributed by atoms with Crippen LogP contribution in [0.1, 0.15) is 43.2 Å². The van der Waals surface area contributed by atoms with Gasteiger partial charge in [0.05, 0.1) is 0 Å².